The molecule has 0 saturated carbocycles. The van der Waals surface area contributed by atoms with E-state index in [0.29, 0.717) is 10.0 Å². The van der Waals surface area contributed by atoms with E-state index in [1.54, 1.807) is 0 Å². The molecule has 0 amide bonds. The van der Waals surface area contributed by atoms with Crippen molar-refractivity contribution in [2.24, 2.45) is 4.40 Å². The third kappa shape index (κ3) is 4.24. The van der Waals surface area contributed by atoms with Gasteiger partial charge < -0.3 is 0 Å². The first-order valence-electron chi connectivity index (χ1n) is 7.45. The maximum absolute atomic E-state index is 12.9. The van der Waals surface area contributed by atoms with Crippen LogP contribution in [0, 0.1) is 0 Å². The maximum Gasteiger partial charge on any atom is 0.284 e. The Morgan fingerprint density at radius 1 is 0.704 bits per heavy atom. The summed E-state index contributed by atoms with van der Waals surface area (Å²) in [6.07, 6.45) is 1.22. The Bertz CT molecular complexity index is 1250. The zero-order chi connectivity index (χ0) is 19.7. The van der Waals surface area contributed by atoms with Gasteiger partial charge in [-0.05, 0) is 60.7 Å². The molecule has 0 aliphatic carbocycles. The van der Waals surface area contributed by atoms with Crippen LogP contribution in [-0.4, -0.2) is 20.8 Å². The van der Waals surface area contributed by atoms with Gasteiger partial charge in [-0.25, -0.2) is 12.4 Å². The molecule has 27 heavy (non-hydrogen) atoms. The van der Waals surface area contributed by atoms with E-state index in [1.807, 2.05) is 0 Å². The summed E-state index contributed by atoms with van der Waals surface area (Å²) in [6, 6.07) is 15.2. The van der Waals surface area contributed by atoms with E-state index < -0.39 is 20.0 Å². The Morgan fingerprint density at radius 3 is 1.78 bits per heavy atom. The van der Waals surface area contributed by atoms with Crippen LogP contribution in [0.2, 0.25) is 10.0 Å². The minimum absolute atomic E-state index is 0.0524. The maximum atomic E-state index is 12.9. The zero-order valence-corrected chi connectivity index (χ0v) is 16.7. The Balaban J connectivity index is 2.18. The number of hydrogen-bond acceptors (Lipinski definition) is 4. The fourth-order valence-electron chi connectivity index (χ4n) is 2.20. The molecule has 10 heteroatoms. The number of aromatic nitrogens is 1. The average Bonchev–Trinajstić information content (AvgIpc) is 2.62. The molecule has 0 atom stereocenters. The first-order valence-corrected chi connectivity index (χ1v) is 11.1. The van der Waals surface area contributed by atoms with Crippen LogP contribution < -0.4 is 5.49 Å². The highest BCUT2D eigenvalue weighted by Gasteiger charge is 2.19. The number of nitrogens with zero attached hydrogens (tertiary/aromatic N) is 2. The number of benzene rings is 2. The van der Waals surface area contributed by atoms with Crippen molar-refractivity contribution in [3.05, 3.63) is 88.5 Å². The average molecular weight is 443 g/mol. The van der Waals surface area contributed by atoms with Crippen LogP contribution in [0.25, 0.3) is 0 Å². The molecule has 0 spiro atoms. The topological polar surface area (TPSA) is 85.6 Å². The predicted octanol–water partition coefficient (Wildman–Crippen LogP) is 3.32. The molecule has 0 radical (unpaired) electrons. The Labute approximate surface area is 166 Å². The summed E-state index contributed by atoms with van der Waals surface area (Å²) in [5.41, 5.74) is -0.262. The van der Waals surface area contributed by atoms with Gasteiger partial charge in [-0.3, -0.25) is 0 Å². The quantitative estimate of drug-likeness (QED) is 0.619. The molecule has 0 N–H and O–H groups in total. The second-order valence-electron chi connectivity index (χ2n) is 5.33. The van der Waals surface area contributed by atoms with Crippen molar-refractivity contribution in [1.29, 1.82) is 0 Å². The number of pyridine rings is 1. The van der Waals surface area contributed by atoms with Gasteiger partial charge in [0.15, 0.2) is 5.49 Å². The molecule has 0 fully saturated rings. The van der Waals surface area contributed by atoms with Crippen molar-refractivity contribution in [3.8, 4) is 0 Å². The summed E-state index contributed by atoms with van der Waals surface area (Å²) < 4.78 is 55.3. The van der Waals surface area contributed by atoms with Crippen molar-refractivity contribution in [3.63, 3.8) is 0 Å². The van der Waals surface area contributed by atoms with Crippen LogP contribution in [0.4, 0.5) is 0 Å². The molecule has 3 rings (SSSR count). The van der Waals surface area contributed by atoms with Gasteiger partial charge in [0, 0.05) is 16.2 Å². The normalized spacial score (nSPS) is 12.9. The van der Waals surface area contributed by atoms with Crippen molar-refractivity contribution in [2.75, 3.05) is 0 Å². The third-order valence-corrected chi connectivity index (χ3v) is 6.99. The van der Waals surface area contributed by atoms with E-state index in [-0.39, 0.29) is 15.3 Å². The summed E-state index contributed by atoms with van der Waals surface area (Å²) in [4.78, 5) is -0.158. The SMILES string of the molecule is O=S(=O)(/N=c1/ccccn1S(=O)(=O)c1ccc(Cl)cc1)c1ccc(Cl)cc1. The second-order valence-corrected chi connectivity index (χ2v) is 9.63. The van der Waals surface area contributed by atoms with E-state index in [4.69, 9.17) is 23.2 Å². The number of hydrogen-bond donors (Lipinski definition) is 0. The van der Waals surface area contributed by atoms with Crippen LogP contribution in [0.3, 0.4) is 0 Å². The number of sulfonamides is 1. The predicted molar refractivity (Wildman–Crippen MR) is 103 cm³/mol. The van der Waals surface area contributed by atoms with Gasteiger partial charge in [-0.15, -0.1) is 4.40 Å². The lowest BCUT2D eigenvalue weighted by molar-refractivity contribution is 0.584. The molecule has 0 aliphatic rings. The van der Waals surface area contributed by atoms with Gasteiger partial charge in [0.05, 0.1) is 9.79 Å². The smallest absolute Gasteiger partial charge is 0.224 e. The highest BCUT2D eigenvalue weighted by atomic mass is 35.5. The van der Waals surface area contributed by atoms with Gasteiger partial charge >= 0.3 is 0 Å². The molecule has 2 aromatic carbocycles. The molecule has 0 aliphatic heterocycles. The minimum Gasteiger partial charge on any atom is -0.224 e. The summed E-state index contributed by atoms with van der Waals surface area (Å²) in [7, 11) is -8.21. The Hall–Kier alpha value is -2.13. The van der Waals surface area contributed by atoms with E-state index >= 15 is 0 Å². The first kappa shape index (κ1) is 19.6. The van der Waals surface area contributed by atoms with E-state index in [0.717, 1.165) is 3.97 Å². The van der Waals surface area contributed by atoms with Gasteiger partial charge in [-0.2, -0.15) is 8.42 Å². The highest BCUT2D eigenvalue weighted by molar-refractivity contribution is 7.90. The van der Waals surface area contributed by atoms with Gasteiger partial charge in [0.1, 0.15) is 0 Å². The van der Waals surface area contributed by atoms with Crippen molar-refractivity contribution in [1.82, 2.24) is 3.97 Å². The van der Waals surface area contributed by atoms with Gasteiger partial charge in [0.2, 0.25) is 0 Å². The van der Waals surface area contributed by atoms with E-state index in [1.165, 1.54) is 72.9 Å². The Kier molecular flexibility index (Phi) is 5.43. The molecular weight excluding hydrogens is 431 g/mol. The molecule has 0 unspecified atom stereocenters. The molecular formula is C17H12Cl2N2O4S2. The number of rotatable bonds is 4. The van der Waals surface area contributed by atoms with Crippen molar-refractivity contribution >= 4 is 43.2 Å². The monoisotopic (exact) mass is 442 g/mol. The summed E-state index contributed by atoms with van der Waals surface area (Å²) in [5, 5.41) is 0.747. The first-order chi connectivity index (χ1) is 12.7. The van der Waals surface area contributed by atoms with Crippen LogP contribution in [0.15, 0.2) is 87.1 Å². The van der Waals surface area contributed by atoms with Crippen LogP contribution in [0.5, 0.6) is 0 Å². The Morgan fingerprint density at radius 2 is 1.22 bits per heavy atom. The molecule has 140 valence electrons. The van der Waals surface area contributed by atoms with Crippen molar-refractivity contribution in [2.45, 2.75) is 9.79 Å². The van der Waals surface area contributed by atoms with Gasteiger partial charge in [0.25, 0.3) is 20.0 Å². The van der Waals surface area contributed by atoms with Gasteiger partial charge in [-0.1, -0.05) is 29.3 Å². The molecule has 6 nitrogen and oxygen atoms in total. The fraction of sp³-hybridized carbons (Fsp3) is 0. The lowest BCUT2D eigenvalue weighted by Crippen LogP contribution is -2.28. The standard InChI is InChI=1S/C17H12Cl2N2O4S2/c18-13-4-8-15(9-5-13)26(22,23)20-17-3-1-2-12-21(17)27(24,25)16-10-6-14(19)7-11-16/h1-12H/b20-17-. The van der Waals surface area contributed by atoms with E-state index in [9.17, 15) is 16.8 Å². The second kappa shape index (κ2) is 7.47. The summed E-state index contributed by atoms with van der Waals surface area (Å²) >= 11 is 11.6. The van der Waals surface area contributed by atoms with Crippen LogP contribution in [0.1, 0.15) is 0 Å². The minimum atomic E-state index is -4.14. The fourth-order valence-corrected chi connectivity index (χ4v) is 4.77. The lowest BCUT2D eigenvalue weighted by atomic mass is 10.4. The lowest BCUT2D eigenvalue weighted by Gasteiger charge is -2.09. The molecule has 0 bridgehead atoms. The third-order valence-electron chi connectivity index (χ3n) is 3.50. The van der Waals surface area contributed by atoms with Crippen molar-refractivity contribution < 1.29 is 16.8 Å². The molecule has 1 aromatic heterocycles. The molecule has 1 heterocycles. The number of halogens is 2. The zero-order valence-electron chi connectivity index (χ0n) is 13.5. The van der Waals surface area contributed by atoms with Crippen LogP contribution >= 0.6 is 23.2 Å². The largest absolute Gasteiger partial charge is 0.284 e. The van der Waals surface area contributed by atoms with Crippen LogP contribution in [-0.2, 0) is 20.0 Å². The molecule has 3 aromatic rings. The highest BCUT2D eigenvalue weighted by Crippen LogP contribution is 2.17. The summed E-state index contributed by atoms with van der Waals surface area (Å²) in [5.74, 6) is 0. The van der Waals surface area contributed by atoms with E-state index in [2.05, 4.69) is 4.40 Å². The summed E-state index contributed by atoms with van der Waals surface area (Å²) in [6.45, 7) is 0. The molecule has 0 saturated heterocycles.